The van der Waals surface area contributed by atoms with E-state index in [1.54, 1.807) is 19.3 Å². The molecule has 2 aliphatic carbocycles. The van der Waals surface area contributed by atoms with Crippen molar-refractivity contribution in [2.24, 2.45) is 11.8 Å². The third-order valence-corrected chi connectivity index (χ3v) is 5.04. The molecule has 0 amide bonds. The number of hydrogen-bond acceptors (Lipinski definition) is 5. The number of nitrogens with zero attached hydrogens (tertiary/aromatic N) is 3. The molecule has 2 saturated carbocycles. The topological polar surface area (TPSA) is 38.3 Å². The summed E-state index contributed by atoms with van der Waals surface area (Å²) in [5.41, 5.74) is 2.18. The van der Waals surface area contributed by atoms with Crippen molar-refractivity contribution in [1.29, 1.82) is 0 Å². The Morgan fingerprint density at radius 3 is 2.71 bits per heavy atom. The number of rotatable bonds is 4. The Kier molecular flexibility index (Phi) is 4.91. The van der Waals surface area contributed by atoms with E-state index < -0.39 is 0 Å². The van der Waals surface area contributed by atoms with E-state index >= 15 is 0 Å². The van der Waals surface area contributed by atoms with Gasteiger partial charge in [0.2, 0.25) is 0 Å². The van der Waals surface area contributed by atoms with Crippen LogP contribution in [0.25, 0.3) is 5.57 Å². The van der Waals surface area contributed by atoms with E-state index in [-0.39, 0.29) is 0 Å². The van der Waals surface area contributed by atoms with E-state index in [0.29, 0.717) is 12.5 Å². The number of hydrogen-bond donors (Lipinski definition) is 0. The molecule has 1 aliphatic heterocycles. The summed E-state index contributed by atoms with van der Waals surface area (Å²) < 4.78 is 14.1. The van der Waals surface area contributed by atoms with Crippen molar-refractivity contribution in [2.45, 2.75) is 39.0 Å². The molecule has 2 unspecified atom stereocenters. The fourth-order valence-electron chi connectivity index (χ4n) is 2.92. The summed E-state index contributed by atoms with van der Waals surface area (Å²) in [6, 6.07) is 0. The first-order valence-corrected chi connectivity index (χ1v) is 8.84. The summed E-state index contributed by atoms with van der Waals surface area (Å²) in [5.74, 6) is 3.17. The van der Waals surface area contributed by atoms with Crippen LogP contribution in [-0.4, -0.2) is 40.4 Å². The molecule has 116 valence electrons. The Balaban J connectivity index is 0.000000217. The van der Waals surface area contributed by atoms with Crippen molar-refractivity contribution in [2.75, 3.05) is 26.7 Å². The summed E-state index contributed by atoms with van der Waals surface area (Å²) in [7, 11) is 2.12. The van der Waals surface area contributed by atoms with E-state index in [1.807, 2.05) is 0 Å². The van der Waals surface area contributed by atoms with E-state index in [0.717, 1.165) is 31.6 Å². The Morgan fingerprint density at radius 1 is 1.33 bits per heavy atom. The molecule has 21 heavy (non-hydrogen) atoms. The first kappa shape index (κ1) is 15.0. The quantitative estimate of drug-likeness (QED) is 0.854. The van der Waals surface area contributed by atoms with Gasteiger partial charge in [0.15, 0.2) is 0 Å². The maximum absolute atomic E-state index is 5.59. The molecule has 0 aromatic carbocycles. The van der Waals surface area contributed by atoms with Crippen LogP contribution in [0.4, 0.5) is 0 Å². The standard InChI is InChI=1S/C11H17N3OS.C5H8/c1-3-7-15-11-10(12-16-13-11)9-5-4-6-14(2)8-9;1-2-5-3-4(1)5/h5H,3-4,6-8H2,1-2H3;4-5H,1-3H2. The molecular weight excluding hydrogens is 282 g/mol. The second-order valence-electron chi connectivity index (χ2n) is 6.36. The Labute approximate surface area is 131 Å². The lowest BCUT2D eigenvalue weighted by Crippen LogP contribution is -2.25. The van der Waals surface area contributed by atoms with Crippen molar-refractivity contribution in [3.8, 4) is 5.88 Å². The number of fused-ring (bicyclic) bond motifs is 1. The van der Waals surface area contributed by atoms with Gasteiger partial charge in [0.05, 0.1) is 18.3 Å². The highest BCUT2D eigenvalue weighted by atomic mass is 32.1. The van der Waals surface area contributed by atoms with Crippen molar-refractivity contribution in [3.63, 3.8) is 0 Å². The summed E-state index contributed by atoms with van der Waals surface area (Å²) in [6.07, 6.45) is 9.03. The lowest BCUT2D eigenvalue weighted by molar-refractivity contribution is 0.306. The second-order valence-corrected chi connectivity index (χ2v) is 6.88. The van der Waals surface area contributed by atoms with Crippen LogP contribution >= 0.6 is 11.7 Å². The number of likely N-dealkylation sites (N-methyl/N-ethyl adjacent to an activating group) is 1. The molecule has 2 heterocycles. The fourth-order valence-corrected chi connectivity index (χ4v) is 3.45. The molecule has 0 spiro atoms. The molecule has 0 bridgehead atoms. The first-order chi connectivity index (χ1) is 10.3. The average Bonchev–Trinajstić information content (AvgIpc) is 2.90. The molecule has 0 saturated heterocycles. The predicted octanol–water partition coefficient (Wildman–Crippen LogP) is 3.46. The minimum atomic E-state index is 0.702. The van der Waals surface area contributed by atoms with Crippen LogP contribution in [0.5, 0.6) is 5.88 Å². The second kappa shape index (κ2) is 6.88. The van der Waals surface area contributed by atoms with Gasteiger partial charge in [-0.05, 0) is 56.6 Å². The van der Waals surface area contributed by atoms with Gasteiger partial charge in [0, 0.05) is 13.1 Å². The number of aromatic nitrogens is 2. The van der Waals surface area contributed by atoms with Gasteiger partial charge in [0.1, 0.15) is 5.69 Å². The minimum Gasteiger partial charge on any atom is -0.475 e. The molecule has 4 nitrogen and oxygen atoms in total. The molecule has 5 heteroatoms. The molecular formula is C16H25N3OS. The molecule has 2 atom stereocenters. The smallest absolute Gasteiger partial charge is 0.253 e. The largest absolute Gasteiger partial charge is 0.475 e. The highest BCUT2D eigenvalue weighted by Crippen LogP contribution is 2.55. The van der Waals surface area contributed by atoms with Crippen LogP contribution in [0.15, 0.2) is 6.08 Å². The zero-order valence-electron chi connectivity index (χ0n) is 13.0. The number of ether oxygens (including phenoxy) is 1. The third kappa shape index (κ3) is 3.83. The highest BCUT2D eigenvalue weighted by molar-refractivity contribution is 6.99. The van der Waals surface area contributed by atoms with Crippen LogP contribution < -0.4 is 4.74 Å². The van der Waals surface area contributed by atoms with Gasteiger partial charge >= 0.3 is 0 Å². The highest BCUT2D eigenvalue weighted by Gasteiger charge is 2.44. The van der Waals surface area contributed by atoms with Crippen molar-refractivity contribution in [1.82, 2.24) is 13.6 Å². The van der Waals surface area contributed by atoms with E-state index in [9.17, 15) is 0 Å². The zero-order valence-corrected chi connectivity index (χ0v) is 13.9. The van der Waals surface area contributed by atoms with Gasteiger partial charge in [-0.3, -0.25) is 0 Å². The Morgan fingerprint density at radius 2 is 2.14 bits per heavy atom. The zero-order chi connectivity index (χ0) is 14.7. The maximum atomic E-state index is 5.59. The summed E-state index contributed by atoms with van der Waals surface area (Å²) in [5, 5.41) is 0. The van der Waals surface area contributed by atoms with Gasteiger partial charge < -0.3 is 9.64 Å². The van der Waals surface area contributed by atoms with Crippen LogP contribution in [0.3, 0.4) is 0 Å². The molecule has 1 aromatic heterocycles. The summed E-state index contributed by atoms with van der Waals surface area (Å²) >= 11 is 1.23. The van der Waals surface area contributed by atoms with Gasteiger partial charge in [-0.2, -0.15) is 4.37 Å². The lowest BCUT2D eigenvalue weighted by atomic mass is 10.0. The monoisotopic (exact) mass is 307 g/mol. The van der Waals surface area contributed by atoms with Crippen molar-refractivity contribution in [3.05, 3.63) is 11.8 Å². The van der Waals surface area contributed by atoms with Crippen LogP contribution in [0.2, 0.25) is 0 Å². The van der Waals surface area contributed by atoms with Crippen LogP contribution in [-0.2, 0) is 0 Å². The van der Waals surface area contributed by atoms with Crippen LogP contribution in [0.1, 0.15) is 44.7 Å². The average molecular weight is 307 g/mol. The maximum Gasteiger partial charge on any atom is 0.253 e. The molecule has 4 rings (SSSR count). The molecule has 2 fully saturated rings. The Bertz CT molecular complexity index is 487. The van der Waals surface area contributed by atoms with E-state index in [4.69, 9.17) is 4.74 Å². The van der Waals surface area contributed by atoms with Gasteiger partial charge in [0.25, 0.3) is 5.88 Å². The van der Waals surface area contributed by atoms with E-state index in [1.165, 1.54) is 29.1 Å². The van der Waals surface area contributed by atoms with Gasteiger partial charge in [-0.1, -0.05) is 13.0 Å². The van der Waals surface area contributed by atoms with E-state index in [2.05, 4.69) is 33.7 Å². The van der Waals surface area contributed by atoms with Crippen molar-refractivity contribution >= 4 is 17.3 Å². The van der Waals surface area contributed by atoms with Gasteiger partial charge in [-0.15, -0.1) is 4.37 Å². The molecule has 3 aliphatic rings. The van der Waals surface area contributed by atoms with Gasteiger partial charge in [-0.25, -0.2) is 0 Å². The Hall–Kier alpha value is -0.940. The first-order valence-electron chi connectivity index (χ1n) is 8.11. The SMILES string of the molecule is C1CC2CC12.CCCOc1nsnc1C1=CCCN(C)C1. The summed E-state index contributed by atoms with van der Waals surface area (Å²) in [4.78, 5) is 2.29. The van der Waals surface area contributed by atoms with Crippen LogP contribution in [0, 0.1) is 11.8 Å². The fraction of sp³-hybridized carbons (Fsp3) is 0.750. The predicted molar refractivity (Wildman–Crippen MR) is 86.6 cm³/mol. The third-order valence-electron chi connectivity index (χ3n) is 4.52. The molecule has 0 radical (unpaired) electrons. The molecule has 0 N–H and O–H groups in total. The molecule has 1 aromatic rings. The lowest BCUT2D eigenvalue weighted by Gasteiger charge is -2.22. The van der Waals surface area contributed by atoms with Crippen molar-refractivity contribution < 1.29 is 4.74 Å². The minimum absolute atomic E-state index is 0.702. The summed E-state index contributed by atoms with van der Waals surface area (Å²) in [6.45, 7) is 4.86. The normalized spacial score (nSPS) is 26.9.